The van der Waals surface area contributed by atoms with Crippen molar-refractivity contribution in [2.75, 3.05) is 13.1 Å². The summed E-state index contributed by atoms with van der Waals surface area (Å²) >= 11 is 5.80. The van der Waals surface area contributed by atoms with Crippen LogP contribution in [0.5, 0.6) is 0 Å². The number of rotatable bonds is 5. The van der Waals surface area contributed by atoms with Crippen molar-refractivity contribution in [1.82, 2.24) is 4.31 Å². The van der Waals surface area contributed by atoms with E-state index in [1.165, 1.54) is 16.4 Å². The van der Waals surface area contributed by atoms with Gasteiger partial charge in [0.2, 0.25) is 10.0 Å². The van der Waals surface area contributed by atoms with Crippen LogP contribution in [-0.2, 0) is 10.0 Å². The predicted molar refractivity (Wildman–Crippen MR) is 70.7 cm³/mol. The fourth-order valence-electron chi connectivity index (χ4n) is 1.52. The van der Waals surface area contributed by atoms with Gasteiger partial charge in [0.15, 0.2) is 0 Å². The summed E-state index contributed by atoms with van der Waals surface area (Å²) in [6, 6.07) is 8.16. The van der Waals surface area contributed by atoms with Gasteiger partial charge in [0.25, 0.3) is 0 Å². The summed E-state index contributed by atoms with van der Waals surface area (Å²) in [6.07, 6.45) is 0. The largest absolute Gasteiger partial charge is 0.243 e. The molecular formula is C12H15ClN2O2S. The van der Waals surface area contributed by atoms with E-state index in [4.69, 9.17) is 16.9 Å². The van der Waals surface area contributed by atoms with Crippen molar-refractivity contribution >= 4 is 21.6 Å². The molecule has 0 saturated carbocycles. The number of halogens is 1. The minimum absolute atomic E-state index is 0.155. The van der Waals surface area contributed by atoms with E-state index >= 15 is 0 Å². The summed E-state index contributed by atoms with van der Waals surface area (Å²) in [6.45, 7) is 3.94. The topological polar surface area (TPSA) is 61.2 Å². The maximum atomic E-state index is 12.3. The molecule has 1 rings (SSSR count). The fourth-order valence-corrected chi connectivity index (χ4v) is 3.36. The zero-order valence-electron chi connectivity index (χ0n) is 10.3. The minimum atomic E-state index is -3.58. The summed E-state index contributed by atoms with van der Waals surface area (Å²) < 4.78 is 25.9. The van der Waals surface area contributed by atoms with Gasteiger partial charge in [-0.3, -0.25) is 0 Å². The molecule has 98 valence electrons. The molecule has 0 bridgehead atoms. The third kappa shape index (κ3) is 3.45. The molecule has 1 unspecified atom stereocenters. The third-order valence-corrected chi connectivity index (χ3v) is 4.66. The highest BCUT2D eigenvalue weighted by atomic mass is 35.5. The number of benzene rings is 1. The molecule has 0 saturated heterocycles. The summed E-state index contributed by atoms with van der Waals surface area (Å²) in [5.41, 5.74) is 0. The monoisotopic (exact) mass is 286 g/mol. The summed E-state index contributed by atoms with van der Waals surface area (Å²) in [4.78, 5) is 0.155. The van der Waals surface area contributed by atoms with Crippen molar-refractivity contribution in [3.8, 4) is 6.07 Å². The average molecular weight is 287 g/mol. The van der Waals surface area contributed by atoms with Gasteiger partial charge in [-0.2, -0.15) is 9.57 Å². The van der Waals surface area contributed by atoms with Gasteiger partial charge in [0.1, 0.15) is 0 Å². The lowest BCUT2D eigenvalue weighted by Gasteiger charge is -2.21. The normalized spacial score (nSPS) is 13.3. The molecule has 0 spiro atoms. The second kappa shape index (κ2) is 6.19. The molecule has 1 atom stereocenters. The molecule has 6 heteroatoms. The molecule has 0 fully saturated rings. The first-order chi connectivity index (χ1) is 8.41. The second-order valence-corrected chi connectivity index (χ2v) is 6.32. The van der Waals surface area contributed by atoms with Crippen LogP contribution < -0.4 is 0 Å². The zero-order chi connectivity index (χ0) is 13.8. The van der Waals surface area contributed by atoms with Crippen LogP contribution in [0.25, 0.3) is 0 Å². The van der Waals surface area contributed by atoms with Crippen molar-refractivity contribution in [3.63, 3.8) is 0 Å². The maximum absolute atomic E-state index is 12.3. The molecular weight excluding hydrogens is 272 g/mol. The van der Waals surface area contributed by atoms with E-state index in [1.54, 1.807) is 26.0 Å². The summed E-state index contributed by atoms with van der Waals surface area (Å²) in [7, 11) is -3.58. The first-order valence-corrected chi connectivity index (χ1v) is 7.39. The van der Waals surface area contributed by atoms with Gasteiger partial charge in [-0.05, 0) is 25.1 Å². The fraction of sp³-hybridized carbons (Fsp3) is 0.417. The second-order valence-electron chi connectivity index (χ2n) is 3.94. The average Bonchev–Trinajstić information content (AvgIpc) is 2.35. The third-order valence-electron chi connectivity index (χ3n) is 2.48. The van der Waals surface area contributed by atoms with Crippen LogP contribution >= 0.6 is 11.6 Å². The van der Waals surface area contributed by atoms with Crippen molar-refractivity contribution in [1.29, 1.82) is 5.26 Å². The molecule has 1 aromatic rings. The van der Waals surface area contributed by atoms with Crippen molar-refractivity contribution < 1.29 is 8.42 Å². The first kappa shape index (κ1) is 15.0. The molecule has 4 nitrogen and oxygen atoms in total. The Hall–Kier alpha value is -1.09. The van der Waals surface area contributed by atoms with Crippen LogP contribution in [0.2, 0.25) is 5.02 Å². The van der Waals surface area contributed by atoms with Crippen LogP contribution in [0.4, 0.5) is 0 Å². The van der Waals surface area contributed by atoms with Crippen LogP contribution in [-0.4, -0.2) is 25.8 Å². The number of nitriles is 1. The van der Waals surface area contributed by atoms with Crippen LogP contribution in [0, 0.1) is 17.2 Å². The molecule has 0 amide bonds. The molecule has 0 aromatic heterocycles. The van der Waals surface area contributed by atoms with E-state index in [-0.39, 0.29) is 17.4 Å². The SMILES string of the molecule is CCN(CC(C)C#N)S(=O)(=O)c1cccc(Cl)c1. The predicted octanol–water partition coefficient (Wildman–Crippen LogP) is 2.51. The quantitative estimate of drug-likeness (QED) is 0.835. The molecule has 0 aliphatic rings. The molecule has 0 heterocycles. The van der Waals surface area contributed by atoms with E-state index in [0.717, 1.165) is 0 Å². The Morgan fingerprint density at radius 2 is 2.17 bits per heavy atom. The van der Waals surface area contributed by atoms with E-state index in [2.05, 4.69) is 0 Å². The number of nitrogens with zero attached hydrogens (tertiary/aromatic N) is 2. The van der Waals surface area contributed by atoms with E-state index in [9.17, 15) is 8.42 Å². The lowest BCUT2D eigenvalue weighted by atomic mass is 10.2. The number of hydrogen-bond donors (Lipinski definition) is 0. The number of hydrogen-bond acceptors (Lipinski definition) is 3. The highest BCUT2D eigenvalue weighted by Crippen LogP contribution is 2.20. The summed E-state index contributed by atoms with van der Waals surface area (Å²) in [5.74, 6) is -0.348. The molecule has 0 aliphatic heterocycles. The van der Waals surface area contributed by atoms with Gasteiger partial charge in [-0.15, -0.1) is 0 Å². The van der Waals surface area contributed by atoms with E-state index in [1.807, 2.05) is 6.07 Å². The van der Waals surface area contributed by atoms with Gasteiger partial charge < -0.3 is 0 Å². The number of sulfonamides is 1. The minimum Gasteiger partial charge on any atom is -0.207 e. The van der Waals surface area contributed by atoms with Crippen molar-refractivity contribution in [2.45, 2.75) is 18.7 Å². The van der Waals surface area contributed by atoms with Crippen LogP contribution in [0.15, 0.2) is 29.2 Å². The van der Waals surface area contributed by atoms with Crippen molar-refractivity contribution in [2.24, 2.45) is 5.92 Å². The van der Waals surface area contributed by atoms with Crippen LogP contribution in [0.3, 0.4) is 0 Å². The maximum Gasteiger partial charge on any atom is 0.243 e. The smallest absolute Gasteiger partial charge is 0.207 e. The van der Waals surface area contributed by atoms with E-state index < -0.39 is 10.0 Å². The Kier molecular flexibility index (Phi) is 5.15. The Bertz CT molecular complexity index is 551. The van der Waals surface area contributed by atoms with Gasteiger partial charge in [-0.25, -0.2) is 8.42 Å². The molecule has 18 heavy (non-hydrogen) atoms. The highest BCUT2D eigenvalue weighted by Gasteiger charge is 2.24. The Morgan fingerprint density at radius 1 is 1.50 bits per heavy atom. The van der Waals surface area contributed by atoms with Crippen molar-refractivity contribution in [3.05, 3.63) is 29.3 Å². The Labute approximate surface area is 113 Å². The standard InChI is InChI=1S/C12H15ClN2O2S/c1-3-15(9-10(2)8-14)18(16,17)12-6-4-5-11(13)7-12/h4-7,10H,3,9H2,1-2H3. The van der Waals surface area contributed by atoms with Crippen LogP contribution in [0.1, 0.15) is 13.8 Å². The molecule has 0 N–H and O–H groups in total. The molecule has 0 aliphatic carbocycles. The highest BCUT2D eigenvalue weighted by molar-refractivity contribution is 7.89. The van der Waals surface area contributed by atoms with Gasteiger partial charge in [-0.1, -0.05) is 24.6 Å². The lowest BCUT2D eigenvalue weighted by Crippen LogP contribution is -2.34. The van der Waals surface area contributed by atoms with Gasteiger partial charge in [0, 0.05) is 18.1 Å². The zero-order valence-corrected chi connectivity index (χ0v) is 11.9. The molecule has 1 aromatic carbocycles. The van der Waals surface area contributed by atoms with E-state index in [0.29, 0.717) is 11.6 Å². The Balaban J connectivity index is 3.08. The Morgan fingerprint density at radius 3 is 2.67 bits per heavy atom. The molecule has 0 radical (unpaired) electrons. The summed E-state index contributed by atoms with van der Waals surface area (Å²) in [5, 5.41) is 9.14. The first-order valence-electron chi connectivity index (χ1n) is 5.57. The lowest BCUT2D eigenvalue weighted by molar-refractivity contribution is 0.400. The van der Waals surface area contributed by atoms with Gasteiger partial charge >= 0.3 is 0 Å². The van der Waals surface area contributed by atoms with Gasteiger partial charge in [0.05, 0.1) is 16.9 Å².